The lowest BCUT2D eigenvalue weighted by Gasteiger charge is -2.08. The molecule has 23 heavy (non-hydrogen) atoms. The Balaban J connectivity index is 2.44. The van der Waals surface area contributed by atoms with Crippen molar-refractivity contribution >= 4 is 28.2 Å². The third-order valence-electron chi connectivity index (χ3n) is 2.92. The van der Waals surface area contributed by atoms with Crippen molar-refractivity contribution in [2.24, 2.45) is 0 Å². The number of halogens is 1. The van der Waals surface area contributed by atoms with Gasteiger partial charge in [-0.25, -0.2) is 9.18 Å². The number of hydrogen-bond donors (Lipinski definition) is 1. The van der Waals surface area contributed by atoms with Gasteiger partial charge in [-0.3, -0.25) is 4.79 Å². The number of nitrogens with zero attached hydrogens (tertiary/aromatic N) is 1. The molecule has 1 amide bonds. The largest absolute Gasteiger partial charge is 0.462 e. The second kappa shape index (κ2) is 7.51. The first-order valence-corrected chi connectivity index (χ1v) is 7.66. The molecule has 1 N–H and O–H groups in total. The normalized spacial score (nSPS) is 9.96. The van der Waals surface area contributed by atoms with Crippen LogP contribution in [0.15, 0.2) is 29.6 Å². The molecule has 0 atom stereocenters. The van der Waals surface area contributed by atoms with E-state index in [0.29, 0.717) is 16.1 Å². The fourth-order valence-corrected chi connectivity index (χ4v) is 2.91. The lowest BCUT2D eigenvalue weighted by atomic mass is 10.0. The van der Waals surface area contributed by atoms with Gasteiger partial charge in [-0.1, -0.05) is 12.1 Å². The smallest absolute Gasteiger partial charge is 0.341 e. The molecule has 0 aliphatic rings. The number of nitriles is 1. The number of carbonyl (C=O) groups excluding carboxylic acids is 2. The third kappa shape index (κ3) is 3.93. The van der Waals surface area contributed by atoms with E-state index in [2.05, 4.69) is 5.32 Å². The molecule has 0 aliphatic heterocycles. The minimum Gasteiger partial charge on any atom is -0.462 e. The van der Waals surface area contributed by atoms with Gasteiger partial charge in [0.25, 0.3) is 0 Å². The van der Waals surface area contributed by atoms with E-state index < -0.39 is 11.9 Å². The molecule has 1 heterocycles. The van der Waals surface area contributed by atoms with Gasteiger partial charge >= 0.3 is 5.97 Å². The van der Waals surface area contributed by atoms with Crippen molar-refractivity contribution in [3.05, 3.63) is 41.0 Å². The molecule has 0 fully saturated rings. The Labute approximate surface area is 136 Å². The van der Waals surface area contributed by atoms with Gasteiger partial charge in [0.05, 0.1) is 12.7 Å². The number of nitrogens with one attached hydrogen (secondary N) is 1. The van der Waals surface area contributed by atoms with E-state index in [1.54, 1.807) is 30.5 Å². The molecule has 118 valence electrons. The fraction of sp³-hybridized carbons (Fsp3) is 0.188. The number of hydrogen-bond acceptors (Lipinski definition) is 5. The highest BCUT2D eigenvalue weighted by atomic mass is 32.1. The summed E-state index contributed by atoms with van der Waals surface area (Å²) >= 11 is 1.15. The van der Waals surface area contributed by atoms with Crippen LogP contribution in [-0.4, -0.2) is 18.5 Å². The number of ether oxygens (including phenoxy) is 1. The van der Waals surface area contributed by atoms with Crippen LogP contribution in [0, 0.1) is 17.1 Å². The Morgan fingerprint density at radius 3 is 2.65 bits per heavy atom. The van der Waals surface area contributed by atoms with Crippen molar-refractivity contribution in [3.63, 3.8) is 0 Å². The third-order valence-corrected chi connectivity index (χ3v) is 3.81. The Morgan fingerprint density at radius 2 is 2.04 bits per heavy atom. The van der Waals surface area contributed by atoms with E-state index in [1.807, 2.05) is 0 Å². The molecular weight excluding hydrogens is 319 g/mol. The molecule has 7 heteroatoms. The highest BCUT2D eigenvalue weighted by Crippen LogP contribution is 2.36. The summed E-state index contributed by atoms with van der Waals surface area (Å²) < 4.78 is 18.1. The summed E-state index contributed by atoms with van der Waals surface area (Å²) in [6, 6.07) is 7.40. The van der Waals surface area contributed by atoms with Crippen LogP contribution in [0.2, 0.25) is 0 Å². The lowest BCUT2D eigenvalue weighted by Crippen LogP contribution is -2.13. The standard InChI is InChI=1S/C16H13FN2O3S/c1-2-22-16(21)14-12(10-3-5-11(17)6-4-10)9-23-15(14)19-13(20)7-8-18/h3-6,9H,2,7H2,1H3,(H,19,20). The maximum absolute atomic E-state index is 13.1. The Morgan fingerprint density at radius 1 is 1.35 bits per heavy atom. The first kappa shape index (κ1) is 16.6. The second-order valence-corrected chi connectivity index (χ2v) is 5.34. The number of esters is 1. The summed E-state index contributed by atoms with van der Waals surface area (Å²) in [5.74, 6) is -1.48. The van der Waals surface area contributed by atoms with Crippen LogP contribution >= 0.6 is 11.3 Å². The van der Waals surface area contributed by atoms with Crippen molar-refractivity contribution in [1.82, 2.24) is 0 Å². The molecule has 0 bridgehead atoms. The molecule has 1 aromatic heterocycles. The van der Waals surface area contributed by atoms with Crippen LogP contribution in [-0.2, 0) is 9.53 Å². The van der Waals surface area contributed by atoms with E-state index in [-0.39, 0.29) is 24.4 Å². The van der Waals surface area contributed by atoms with Crippen molar-refractivity contribution < 1.29 is 18.7 Å². The van der Waals surface area contributed by atoms with Gasteiger partial charge in [0, 0.05) is 10.9 Å². The predicted octanol–water partition coefficient (Wildman–Crippen LogP) is 3.58. The number of benzene rings is 1. The molecular formula is C16H13FN2O3S. The van der Waals surface area contributed by atoms with E-state index in [0.717, 1.165) is 11.3 Å². The quantitative estimate of drug-likeness (QED) is 0.849. The van der Waals surface area contributed by atoms with Gasteiger partial charge in [-0.05, 0) is 24.6 Å². The topological polar surface area (TPSA) is 79.2 Å². The first-order valence-electron chi connectivity index (χ1n) is 6.78. The molecule has 5 nitrogen and oxygen atoms in total. The summed E-state index contributed by atoms with van der Waals surface area (Å²) in [4.78, 5) is 23.8. The maximum Gasteiger partial charge on any atom is 0.341 e. The van der Waals surface area contributed by atoms with Gasteiger partial charge in [0.1, 0.15) is 22.8 Å². The van der Waals surface area contributed by atoms with Gasteiger partial charge in [0.15, 0.2) is 0 Å². The van der Waals surface area contributed by atoms with E-state index in [9.17, 15) is 14.0 Å². The highest BCUT2D eigenvalue weighted by Gasteiger charge is 2.22. The zero-order chi connectivity index (χ0) is 16.8. The summed E-state index contributed by atoms with van der Waals surface area (Å²) in [6.45, 7) is 1.86. The van der Waals surface area contributed by atoms with Gasteiger partial charge < -0.3 is 10.1 Å². The Kier molecular flexibility index (Phi) is 5.44. The average molecular weight is 332 g/mol. The molecule has 0 unspecified atom stereocenters. The van der Waals surface area contributed by atoms with E-state index in [4.69, 9.17) is 10.00 Å². The molecule has 2 aromatic rings. The second-order valence-electron chi connectivity index (χ2n) is 4.46. The van der Waals surface area contributed by atoms with Gasteiger partial charge in [-0.2, -0.15) is 5.26 Å². The Bertz CT molecular complexity index is 763. The molecule has 0 radical (unpaired) electrons. The zero-order valence-corrected chi connectivity index (χ0v) is 13.1. The SMILES string of the molecule is CCOC(=O)c1c(-c2ccc(F)cc2)csc1NC(=O)CC#N. The Hall–Kier alpha value is -2.72. The van der Waals surface area contributed by atoms with Crippen LogP contribution in [0.25, 0.3) is 11.1 Å². The van der Waals surface area contributed by atoms with Gasteiger partial charge in [-0.15, -0.1) is 11.3 Å². The average Bonchev–Trinajstić information content (AvgIpc) is 2.92. The number of thiophene rings is 1. The number of rotatable bonds is 5. The van der Waals surface area contributed by atoms with Crippen molar-refractivity contribution in [2.75, 3.05) is 11.9 Å². The fourth-order valence-electron chi connectivity index (χ4n) is 1.94. The van der Waals surface area contributed by atoms with Crippen LogP contribution in [0.1, 0.15) is 23.7 Å². The minimum absolute atomic E-state index is 0.184. The number of carbonyl (C=O) groups is 2. The molecule has 0 spiro atoms. The van der Waals surface area contributed by atoms with Crippen LogP contribution in [0.3, 0.4) is 0 Å². The van der Waals surface area contributed by atoms with E-state index in [1.165, 1.54) is 12.1 Å². The molecule has 2 rings (SSSR count). The van der Waals surface area contributed by atoms with Gasteiger partial charge in [0.2, 0.25) is 5.91 Å². The highest BCUT2D eigenvalue weighted by molar-refractivity contribution is 7.15. The first-order chi connectivity index (χ1) is 11.1. The lowest BCUT2D eigenvalue weighted by molar-refractivity contribution is -0.115. The summed E-state index contributed by atoms with van der Waals surface area (Å²) in [7, 11) is 0. The molecule has 0 saturated carbocycles. The van der Waals surface area contributed by atoms with E-state index >= 15 is 0 Å². The van der Waals surface area contributed by atoms with Crippen molar-refractivity contribution in [1.29, 1.82) is 5.26 Å². The number of anilines is 1. The summed E-state index contributed by atoms with van der Waals surface area (Å²) in [6.07, 6.45) is -0.313. The van der Waals surface area contributed by atoms with Crippen molar-refractivity contribution in [2.45, 2.75) is 13.3 Å². The zero-order valence-electron chi connectivity index (χ0n) is 12.3. The molecule has 0 saturated heterocycles. The van der Waals surface area contributed by atoms with Crippen LogP contribution in [0.5, 0.6) is 0 Å². The summed E-state index contributed by atoms with van der Waals surface area (Å²) in [5.41, 5.74) is 1.38. The van der Waals surface area contributed by atoms with Crippen LogP contribution < -0.4 is 5.32 Å². The maximum atomic E-state index is 13.1. The van der Waals surface area contributed by atoms with Crippen molar-refractivity contribution in [3.8, 4) is 17.2 Å². The van der Waals surface area contributed by atoms with Crippen LogP contribution in [0.4, 0.5) is 9.39 Å². The summed E-state index contributed by atoms with van der Waals surface area (Å²) in [5, 5.41) is 13.1. The predicted molar refractivity (Wildman–Crippen MR) is 84.5 cm³/mol. The number of amides is 1. The molecule has 0 aliphatic carbocycles. The molecule has 1 aromatic carbocycles. The minimum atomic E-state index is -0.583. The monoisotopic (exact) mass is 332 g/mol.